The van der Waals surface area contributed by atoms with E-state index in [-0.39, 0.29) is 10.6 Å². The summed E-state index contributed by atoms with van der Waals surface area (Å²) in [5.74, 6) is -0.0872. The van der Waals surface area contributed by atoms with E-state index in [1.165, 1.54) is 34.1 Å². The molecule has 11 heteroatoms. The molecule has 0 atom stereocenters. The van der Waals surface area contributed by atoms with Crippen molar-refractivity contribution in [3.63, 3.8) is 0 Å². The van der Waals surface area contributed by atoms with Crippen molar-refractivity contribution in [1.82, 2.24) is 24.8 Å². The summed E-state index contributed by atoms with van der Waals surface area (Å²) in [6.07, 6.45) is 2.72. The van der Waals surface area contributed by atoms with Crippen LogP contribution in [-0.2, 0) is 9.84 Å². The second-order valence-electron chi connectivity index (χ2n) is 5.60. The molecule has 0 aliphatic heterocycles. The van der Waals surface area contributed by atoms with Gasteiger partial charge in [0.25, 0.3) is 5.91 Å². The Hall–Kier alpha value is -3.18. The fourth-order valence-electron chi connectivity index (χ4n) is 2.40. The van der Waals surface area contributed by atoms with E-state index in [4.69, 9.17) is 0 Å². The predicted octanol–water partition coefficient (Wildman–Crippen LogP) is 1.90. The average Bonchev–Trinajstić information content (AvgIpc) is 3.30. The molecule has 0 radical (unpaired) electrons. The van der Waals surface area contributed by atoms with E-state index in [1.807, 2.05) is 0 Å². The first-order valence-electron chi connectivity index (χ1n) is 7.65. The van der Waals surface area contributed by atoms with E-state index >= 15 is 0 Å². The second kappa shape index (κ2) is 6.52. The first kappa shape index (κ1) is 17.2. The third-order valence-electron chi connectivity index (χ3n) is 3.67. The summed E-state index contributed by atoms with van der Waals surface area (Å²) in [4.78, 5) is 16.5. The number of fused-ring (bicyclic) bond motifs is 1. The first-order valence-corrected chi connectivity index (χ1v) is 10.4. The largest absolute Gasteiger partial charge is 0.296 e. The van der Waals surface area contributed by atoms with Crippen LogP contribution in [-0.4, -0.2) is 45.4 Å². The van der Waals surface area contributed by atoms with Crippen molar-refractivity contribution in [3.05, 3.63) is 53.7 Å². The van der Waals surface area contributed by atoms with Gasteiger partial charge in [-0.2, -0.15) is 9.61 Å². The Morgan fingerprint density at radius 3 is 2.78 bits per heavy atom. The lowest BCUT2D eigenvalue weighted by Crippen LogP contribution is -2.15. The smallest absolute Gasteiger partial charge is 0.277 e. The van der Waals surface area contributed by atoms with Crippen LogP contribution in [0.25, 0.3) is 17.0 Å². The third kappa shape index (κ3) is 3.41. The van der Waals surface area contributed by atoms with Crippen LogP contribution in [0.1, 0.15) is 10.5 Å². The van der Waals surface area contributed by atoms with Crippen LogP contribution < -0.4 is 5.32 Å². The molecule has 9 nitrogen and oxygen atoms in total. The van der Waals surface area contributed by atoms with E-state index < -0.39 is 15.7 Å². The van der Waals surface area contributed by atoms with Crippen LogP contribution in [0.5, 0.6) is 0 Å². The SMILES string of the molecule is CS(=O)(=O)c1cccc(-c2nnc3ccc(C(=O)Nc4nccs4)nn23)c1. The first-order chi connectivity index (χ1) is 12.9. The highest BCUT2D eigenvalue weighted by molar-refractivity contribution is 7.90. The van der Waals surface area contributed by atoms with Gasteiger partial charge in [-0.3, -0.25) is 10.1 Å². The van der Waals surface area contributed by atoms with Crippen LogP contribution >= 0.6 is 11.3 Å². The number of carbonyl (C=O) groups excluding carboxylic acids is 1. The van der Waals surface area contributed by atoms with Crippen molar-refractivity contribution in [3.8, 4) is 11.4 Å². The van der Waals surface area contributed by atoms with Crippen molar-refractivity contribution in [2.24, 2.45) is 0 Å². The summed E-state index contributed by atoms with van der Waals surface area (Å²) in [5.41, 5.74) is 1.11. The molecule has 0 fully saturated rings. The number of thiazole rings is 1. The number of rotatable bonds is 4. The number of benzene rings is 1. The van der Waals surface area contributed by atoms with Crippen LogP contribution in [0.2, 0.25) is 0 Å². The van der Waals surface area contributed by atoms with Crippen LogP contribution in [0, 0.1) is 0 Å². The Kier molecular flexibility index (Phi) is 4.16. The van der Waals surface area contributed by atoms with Crippen molar-refractivity contribution in [2.45, 2.75) is 4.90 Å². The van der Waals surface area contributed by atoms with Crippen molar-refractivity contribution < 1.29 is 13.2 Å². The van der Waals surface area contributed by atoms with Gasteiger partial charge in [0.15, 0.2) is 26.4 Å². The van der Waals surface area contributed by atoms with Crippen LogP contribution in [0.4, 0.5) is 5.13 Å². The lowest BCUT2D eigenvalue weighted by atomic mass is 10.2. The van der Waals surface area contributed by atoms with Gasteiger partial charge < -0.3 is 0 Å². The maximum Gasteiger partial charge on any atom is 0.277 e. The lowest BCUT2D eigenvalue weighted by molar-refractivity contribution is 0.102. The van der Waals surface area contributed by atoms with Gasteiger partial charge in [0, 0.05) is 23.4 Å². The van der Waals surface area contributed by atoms with Gasteiger partial charge in [-0.1, -0.05) is 12.1 Å². The van der Waals surface area contributed by atoms with E-state index in [1.54, 1.807) is 29.8 Å². The quantitative estimate of drug-likeness (QED) is 0.555. The van der Waals surface area contributed by atoms with Gasteiger partial charge in [0.2, 0.25) is 0 Å². The molecule has 1 aromatic carbocycles. The monoisotopic (exact) mass is 400 g/mol. The van der Waals surface area contributed by atoms with E-state index in [0.717, 1.165) is 6.26 Å². The normalized spacial score (nSPS) is 11.6. The van der Waals surface area contributed by atoms with Gasteiger partial charge in [0.05, 0.1) is 4.90 Å². The molecule has 0 spiro atoms. The van der Waals surface area contributed by atoms with Crippen molar-refractivity contribution >= 4 is 37.9 Å². The summed E-state index contributed by atoms with van der Waals surface area (Å²) in [5, 5.41) is 17.3. The molecule has 0 aliphatic rings. The Morgan fingerprint density at radius 2 is 2.04 bits per heavy atom. The number of hydrogen-bond acceptors (Lipinski definition) is 8. The highest BCUT2D eigenvalue weighted by atomic mass is 32.2. The zero-order valence-electron chi connectivity index (χ0n) is 13.9. The summed E-state index contributed by atoms with van der Waals surface area (Å²) in [6.45, 7) is 0. The van der Waals surface area contributed by atoms with Gasteiger partial charge in [-0.25, -0.2) is 13.4 Å². The Bertz CT molecular complexity index is 1250. The van der Waals surface area contributed by atoms with Gasteiger partial charge >= 0.3 is 0 Å². The fourth-order valence-corrected chi connectivity index (χ4v) is 3.59. The molecule has 0 saturated heterocycles. The zero-order chi connectivity index (χ0) is 19.0. The van der Waals surface area contributed by atoms with E-state index in [0.29, 0.717) is 22.2 Å². The Morgan fingerprint density at radius 1 is 1.19 bits per heavy atom. The number of hydrogen-bond donors (Lipinski definition) is 1. The minimum Gasteiger partial charge on any atom is -0.296 e. The topological polar surface area (TPSA) is 119 Å². The molecule has 4 rings (SSSR count). The summed E-state index contributed by atoms with van der Waals surface area (Å²) >= 11 is 1.30. The van der Waals surface area contributed by atoms with Gasteiger partial charge in [-0.15, -0.1) is 21.5 Å². The van der Waals surface area contributed by atoms with E-state index in [2.05, 4.69) is 25.6 Å². The molecule has 0 saturated carbocycles. The van der Waals surface area contributed by atoms with Crippen molar-refractivity contribution in [1.29, 1.82) is 0 Å². The third-order valence-corrected chi connectivity index (χ3v) is 5.47. The minimum atomic E-state index is -3.37. The fraction of sp³-hybridized carbons (Fsp3) is 0.0625. The predicted molar refractivity (Wildman–Crippen MR) is 99.4 cm³/mol. The Labute approximate surface area is 157 Å². The highest BCUT2D eigenvalue weighted by Gasteiger charge is 2.16. The maximum absolute atomic E-state index is 12.4. The van der Waals surface area contributed by atoms with Gasteiger partial charge in [0.1, 0.15) is 5.69 Å². The molecule has 3 heterocycles. The van der Waals surface area contributed by atoms with Crippen molar-refractivity contribution in [2.75, 3.05) is 11.6 Å². The molecule has 0 unspecified atom stereocenters. The summed E-state index contributed by atoms with van der Waals surface area (Å²) in [7, 11) is -3.37. The molecule has 136 valence electrons. The van der Waals surface area contributed by atoms with Crippen LogP contribution in [0.3, 0.4) is 0 Å². The zero-order valence-corrected chi connectivity index (χ0v) is 15.5. The molecule has 1 amide bonds. The number of aromatic nitrogens is 5. The summed E-state index contributed by atoms with van der Waals surface area (Å²) < 4.78 is 25.0. The standard InChI is InChI=1S/C16H12N6O3S2/c1-27(24,25)11-4-2-3-10(9-11)14-20-19-13-6-5-12(21-22(13)14)15(23)18-16-17-7-8-26-16/h2-9H,1H3,(H,17,18,23). The second-order valence-corrected chi connectivity index (χ2v) is 8.51. The number of amides is 1. The van der Waals surface area contributed by atoms with E-state index in [9.17, 15) is 13.2 Å². The molecule has 3 aromatic heterocycles. The average molecular weight is 400 g/mol. The lowest BCUT2D eigenvalue weighted by Gasteiger charge is -2.04. The molecule has 27 heavy (non-hydrogen) atoms. The Balaban J connectivity index is 1.76. The number of nitrogens with zero attached hydrogens (tertiary/aromatic N) is 5. The molecule has 0 bridgehead atoms. The number of anilines is 1. The summed E-state index contributed by atoms with van der Waals surface area (Å²) in [6, 6.07) is 9.46. The molecular formula is C16H12N6O3S2. The number of carbonyl (C=O) groups is 1. The molecule has 1 N–H and O–H groups in total. The number of nitrogens with one attached hydrogen (secondary N) is 1. The molecule has 0 aliphatic carbocycles. The van der Waals surface area contributed by atoms with Crippen LogP contribution in [0.15, 0.2) is 52.9 Å². The maximum atomic E-state index is 12.4. The highest BCUT2D eigenvalue weighted by Crippen LogP contribution is 2.21. The van der Waals surface area contributed by atoms with Gasteiger partial charge in [-0.05, 0) is 24.3 Å². The molecular weight excluding hydrogens is 388 g/mol. The number of sulfone groups is 1. The minimum absolute atomic E-state index is 0.151. The molecule has 4 aromatic rings.